The Hall–Kier alpha value is -2.49. The van der Waals surface area contributed by atoms with Crippen LogP contribution in [0, 0.1) is 13.8 Å². The van der Waals surface area contributed by atoms with Gasteiger partial charge in [-0.15, -0.1) is 0 Å². The van der Waals surface area contributed by atoms with E-state index in [9.17, 15) is 4.79 Å². The number of nitrogens with one attached hydrogen (secondary N) is 1. The van der Waals surface area contributed by atoms with Gasteiger partial charge in [0.05, 0.1) is 20.3 Å². The predicted molar refractivity (Wildman–Crippen MR) is 96.0 cm³/mol. The zero-order chi connectivity index (χ0) is 17.7. The molecule has 2 rings (SSSR count). The molecule has 2 aromatic rings. The van der Waals surface area contributed by atoms with Gasteiger partial charge in [-0.05, 0) is 61.2 Å². The molecule has 0 aliphatic heterocycles. The van der Waals surface area contributed by atoms with Gasteiger partial charge in [0.2, 0.25) is 0 Å². The Kier molecular flexibility index (Phi) is 5.85. The normalized spacial score (nSPS) is 11.7. The van der Waals surface area contributed by atoms with E-state index in [-0.39, 0.29) is 11.9 Å². The van der Waals surface area contributed by atoms with E-state index in [4.69, 9.17) is 9.47 Å². The highest BCUT2D eigenvalue weighted by Crippen LogP contribution is 2.25. The van der Waals surface area contributed by atoms with Gasteiger partial charge in [-0.2, -0.15) is 0 Å². The summed E-state index contributed by atoms with van der Waals surface area (Å²) in [4.78, 5) is 12.6. The van der Waals surface area contributed by atoms with Gasteiger partial charge in [0, 0.05) is 5.56 Å². The predicted octanol–water partition coefficient (Wildman–Crippen LogP) is 4.20. The molecule has 1 N–H and O–H groups in total. The molecule has 0 bridgehead atoms. The van der Waals surface area contributed by atoms with Crippen molar-refractivity contribution in [3.8, 4) is 11.5 Å². The minimum atomic E-state index is -0.0823. The summed E-state index contributed by atoms with van der Waals surface area (Å²) in [5.74, 6) is 1.55. The average molecular weight is 327 g/mol. The zero-order valence-electron chi connectivity index (χ0n) is 15.0. The zero-order valence-corrected chi connectivity index (χ0v) is 15.0. The summed E-state index contributed by atoms with van der Waals surface area (Å²) in [5.41, 5.74) is 3.72. The van der Waals surface area contributed by atoms with E-state index < -0.39 is 0 Å². The minimum absolute atomic E-state index is 0.0375. The van der Waals surface area contributed by atoms with Crippen LogP contribution >= 0.6 is 0 Å². The van der Waals surface area contributed by atoms with Crippen LogP contribution in [0.1, 0.15) is 46.4 Å². The molecule has 0 saturated carbocycles. The van der Waals surface area contributed by atoms with Crippen LogP contribution in [0.2, 0.25) is 0 Å². The molecule has 128 valence electrons. The van der Waals surface area contributed by atoms with Crippen molar-refractivity contribution in [3.63, 3.8) is 0 Å². The van der Waals surface area contributed by atoms with Crippen LogP contribution in [0.4, 0.5) is 0 Å². The van der Waals surface area contributed by atoms with E-state index in [1.165, 1.54) is 0 Å². The van der Waals surface area contributed by atoms with Gasteiger partial charge < -0.3 is 14.8 Å². The van der Waals surface area contributed by atoms with Gasteiger partial charge in [0.25, 0.3) is 5.91 Å². The number of rotatable bonds is 6. The number of aryl methyl sites for hydroxylation is 2. The van der Waals surface area contributed by atoms with Crippen LogP contribution in [0.25, 0.3) is 0 Å². The lowest BCUT2D eigenvalue weighted by molar-refractivity contribution is 0.0935. The third kappa shape index (κ3) is 3.88. The molecule has 0 spiro atoms. The second kappa shape index (κ2) is 7.86. The molecule has 0 aromatic heterocycles. The van der Waals surface area contributed by atoms with Crippen molar-refractivity contribution in [1.29, 1.82) is 0 Å². The van der Waals surface area contributed by atoms with E-state index in [1.807, 2.05) is 38.1 Å². The maximum atomic E-state index is 12.6. The van der Waals surface area contributed by atoms with Crippen molar-refractivity contribution in [1.82, 2.24) is 5.32 Å². The highest BCUT2D eigenvalue weighted by atomic mass is 16.5. The van der Waals surface area contributed by atoms with Crippen molar-refractivity contribution in [2.75, 3.05) is 14.2 Å². The average Bonchev–Trinajstić information content (AvgIpc) is 2.59. The molecule has 0 aliphatic rings. The molecular weight excluding hydrogens is 302 g/mol. The second-order valence-corrected chi connectivity index (χ2v) is 5.85. The summed E-state index contributed by atoms with van der Waals surface area (Å²) in [7, 11) is 3.29. The van der Waals surface area contributed by atoms with Crippen LogP contribution in [0.3, 0.4) is 0 Å². The Morgan fingerprint density at radius 1 is 1.00 bits per heavy atom. The van der Waals surface area contributed by atoms with Gasteiger partial charge in [-0.3, -0.25) is 4.79 Å². The number of carbonyl (C=O) groups excluding carboxylic acids is 1. The van der Waals surface area contributed by atoms with E-state index in [0.717, 1.165) is 34.6 Å². The number of methoxy groups -OCH3 is 2. The molecule has 1 atom stereocenters. The first-order chi connectivity index (χ1) is 11.5. The molecule has 0 radical (unpaired) electrons. The Labute approximate surface area is 143 Å². The number of amides is 1. The molecule has 0 saturated heterocycles. The summed E-state index contributed by atoms with van der Waals surface area (Å²) in [6, 6.07) is 11.4. The van der Waals surface area contributed by atoms with E-state index in [2.05, 4.69) is 18.3 Å². The molecule has 0 aliphatic carbocycles. The van der Waals surface area contributed by atoms with Crippen molar-refractivity contribution in [2.45, 2.75) is 33.2 Å². The lowest BCUT2D eigenvalue weighted by atomic mass is 10.0. The summed E-state index contributed by atoms with van der Waals surface area (Å²) >= 11 is 0. The Morgan fingerprint density at radius 3 is 2.08 bits per heavy atom. The third-order valence-corrected chi connectivity index (χ3v) is 4.19. The smallest absolute Gasteiger partial charge is 0.251 e. The van der Waals surface area contributed by atoms with Gasteiger partial charge in [0.15, 0.2) is 0 Å². The molecule has 24 heavy (non-hydrogen) atoms. The van der Waals surface area contributed by atoms with Crippen molar-refractivity contribution in [3.05, 3.63) is 58.7 Å². The van der Waals surface area contributed by atoms with Gasteiger partial charge in [-0.1, -0.05) is 19.1 Å². The summed E-state index contributed by atoms with van der Waals surface area (Å²) in [6.07, 6.45) is 0.812. The highest BCUT2D eigenvalue weighted by molar-refractivity contribution is 5.94. The number of ether oxygens (including phenoxy) is 2. The highest BCUT2D eigenvalue weighted by Gasteiger charge is 2.16. The van der Waals surface area contributed by atoms with Crippen LogP contribution in [-0.4, -0.2) is 20.1 Å². The molecule has 0 heterocycles. The van der Waals surface area contributed by atoms with Gasteiger partial charge in [0.1, 0.15) is 11.5 Å². The molecule has 4 nitrogen and oxygen atoms in total. The number of carbonyl (C=O) groups is 1. The first kappa shape index (κ1) is 17.9. The maximum absolute atomic E-state index is 12.6. The third-order valence-electron chi connectivity index (χ3n) is 4.19. The Bertz CT molecular complexity index is 725. The summed E-state index contributed by atoms with van der Waals surface area (Å²) < 4.78 is 10.5. The number of hydrogen-bond acceptors (Lipinski definition) is 3. The molecule has 2 aromatic carbocycles. The van der Waals surface area contributed by atoms with Crippen LogP contribution in [0.5, 0.6) is 11.5 Å². The molecule has 1 amide bonds. The van der Waals surface area contributed by atoms with Crippen molar-refractivity contribution in [2.24, 2.45) is 0 Å². The molecule has 1 unspecified atom stereocenters. The quantitative estimate of drug-likeness (QED) is 0.865. The first-order valence-electron chi connectivity index (χ1n) is 8.10. The lowest BCUT2D eigenvalue weighted by Gasteiger charge is -2.19. The monoisotopic (exact) mass is 327 g/mol. The van der Waals surface area contributed by atoms with Gasteiger partial charge in [-0.25, -0.2) is 0 Å². The summed E-state index contributed by atoms with van der Waals surface area (Å²) in [6.45, 7) is 5.99. The number of benzene rings is 2. The lowest BCUT2D eigenvalue weighted by Crippen LogP contribution is -2.28. The molecule has 4 heteroatoms. The molecular formula is C20H25NO3. The fourth-order valence-electron chi connectivity index (χ4n) is 2.80. The van der Waals surface area contributed by atoms with Gasteiger partial charge >= 0.3 is 0 Å². The van der Waals surface area contributed by atoms with Crippen molar-refractivity contribution < 1.29 is 14.3 Å². The topological polar surface area (TPSA) is 47.6 Å². The minimum Gasteiger partial charge on any atom is -0.496 e. The number of hydrogen-bond donors (Lipinski definition) is 1. The van der Waals surface area contributed by atoms with E-state index in [0.29, 0.717) is 5.56 Å². The maximum Gasteiger partial charge on any atom is 0.251 e. The standard InChI is InChI=1S/C20H25NO3/c1-6-17(15-7-9-18(23-4)13(2)11-15)21-20(22)16-8-10-19(24-5)14(3)12-16/h7-12,17H,6H2,1-5H3,(H,21,22). The summed E-state index contributed by atoms with van der Waals surface area (Å²) in [5, 5.41) is 3.11. The Balaban J connectivity index is 2.19. The van der Waals surface area contributed by atoms with Crippen LogP contribution in [-0.2, 0) is 0 Å². The fraction of sp³-hybridized carbons (Fsp3) is 0.350. The second-order valence-electron chi connectivity index (χ2n) is 5.85. The van der Waals surface area contributed by atoms with E-state index >= 15 is 0 Å². The van der Waals surface area contributed by atoms with Crippen LogP contribution < -0.4 is 14.8 Å². The SMILES string of the molecule is CCC(NC(=O)c1ccc(OC)c(C)c1)c1ccc(OC)c(C)c1. The van der Waals surface area contributed by atoms with Crippen molar-refractivity contribution >= 4 is 5.91 Å². The Morgan fingerprint density at radius 2 is 1.58 bits per heavy atom. The first-order valence-corrected chi connectivity index (χ1v) is 8.10. The largest absolute Gasteiger partial charge is 0.496 e. The fourth-order valence-corrected chi connectivity index (χ4v) is 2.80. The van der Waals surface area contributed by atoms with Crippen LogP contribution in [0.15, 0.2) is 36.4 Å². The molecule has 0 fully saturated rings. The van der Waals surface area contributed by atoms with E-state index in [1.54, 1.807) is 20.3 Å².